The van der Waals surface area contributed by atoms with Crippen LogP contribution in [0.1, 0.15) is 22.2 Å². The number of carbonyl (C=O) groups is 2. The van der Waals surface area contributed by atoms with Crippen LogP contribution in [0.5, 0.6) is 5.75 Å². The molecule has 1 aromatic heterocycles. The van der Waals surface area contributed by atoms with Crippen molar-refractivity contribution in [3.05, 3.63) is 90.0 Å². The van der Waals surface area contributed by atoms with Gasteiger partial charge in [-0.2, -0.15) is 4.68 Å². The smallest absolute Gasteiger partial charge is 0.245 e. The van der Waals surface area contributed by atoms with E-state index in [4.69, 9.17) is 4.74 Å². The van der Waals surface area contributed by atoms with Crippen molar-refractivity contribution < 1.29 is 24.5 Å². The molecular weight excluding hydrogens is 470 g/mol. The van der Waals surface area contributed by atoms with Crippen molar-refractivity contribution in [1.82, 2.24) is 20.2 Å². The number of thioether (sulfide) groups is 1. The largest absolute Gasteiger partial charge is 0.497 e. The zero-order valence-corrected chi connectivity index (χ0v) is 19.3. The molecule has 0 radical (unpaired) electrons. The predicted octanol–water partition coefficient (Wildman–Crippen LogP) is 2.64. The second-order valence-corrected chi connectivity index (χ2v) is 8.36. The second-order valence-electron chi connectivity index (χ2n) is 7.28. The fourth-order valence-corrected chi connectivity index (χ4v) is 4.11. The average molecular weight is 492 g/mol. The number of aromatic nitrogens is 4. The van der Waals surface area contributed by atoms with Crippen LogP contribution in [0.2, 0.25) is 0 Å². The van der Waals surface area contributed by atoms with Gasteiger partial charge in [-0.15, -0.1) is 5.10 Å². The first-order valence-corrected chi connectivity index (χ1v) is 11.3. The highest BCUT2D eigenvalue weighted by Crippen LogP contribution is 2.28. The van der Waals surface area contributed by atoms with E-state index in [1.165, 1.54) is 23.9 Å². The highest BCUT2D eigenvalue weighted by atomic mass is 32.2. The highest BCUT2D eigenvalue weighted by Gasteiger charge is 2.31. The molecule has 10 nitrogen and oxygen atoms in total. The lowest BCUT2D eigenvalue weighted by Gasteiger charge is -2.16. The topological polar surface area (TPSA) is 139 Å². The van der Waals surface area contributed by atoms with E-state index in [0.717, 1.165) is 11.8 Å². The maximum Gasteiger partial charge on any atom is 0.245 e. The molecule has 0 saturated heterocycles. The molecule has 0 aliphatic rings. The number of carbonyl (C=O) groups excluding carboxylic acids is 2. The third kappa shape index (κ3) is 5.72. The SMILES string of the molecule is COc1ccc(C(=O)C(Sc2nnnn2-c2ccc(C(O)O)cc2)C(=O)Nc2ccccc2)cc1. The quantitative estimate of drug-likeness (QED) is 0.139. The van der Waals surface area contributed by atoms with E-state index in [1.54, 1.807) is 60.7 Å². The molecule has 3 N–H and O–H groups in total. The normalized spacial score (nSPS) is 11.8. The van der Waals surface area contributed by atoms with E-state index in [-0.39, 0.29) is 5.16 Å². The van der Waals surface area contributed by atoms with Gasteiger partial charge in [0, 0.05) is 16.8 Å². The van der Waals surface area contributed by atoms with Crippen LogP contribution in [0.4, 0.5) is 5.69 Å². The molecule has 3 aromatic carbocycles. The van der Waals surface area contributed by atoms with Crippen LogP contribution in [-0.4, -0.2) is 54.5 Å². The zero-order valence-electron chi connectivity index (χ0n) is 18.5. The molecule has 1 amide bonds. The maximum absolute atomic E-state index is 13.4. The van der Waals surface area contributed by atoms with Crippen LogP contribution in [0.3, 0.4) is 0 Å². The minimum Gasteiger partial charge on any atom is -0.497 e. The Labute approximate surface area is 204 Å². The Morgan fingerprint density at radius 1 is 0.971 bits per heavy atom. The molecule has 1 unspecified atom stereocenters. The van der Waals surface area contributed by atoms with Gasteiger partial charge in [0.1, 0.15) is 5.75 Å². The van der Waals surface area contributed by atoms with E-state index in [9.17, 15) is 19.8 Å². The number of rotatable bonds is 9. The Morgan fingerprint density at radius 3 is 2.29 bits per heavy atom. The predicted molar refractivity (Wildman–Crippen MR) is 128 cm³/mol. The van der Waals surface area contributed by atoms with Gasteiger partial charge in [0.2, 0.25) is 11.1 Å². The van der Waals surface area contributed by atoms with Crippen LogP contribution < -0.4 is 10.1 Å². The number of para-hydroxylation sites is 1. The van der Waals surface area contributed by atoms with E-state index in [2.05, 4.69) is 20.8 Å². The number of ketones is 1. The van der Waals surface area contributed by atoms with E-state index < -0.39 is 23.2 Å². The molecule has 0 bridgehead atoms. The Hall–Kier alpha value is -4.06. The van der Waals surface area contributed by atoms with Crippen molar-refractivity contribution in [2.24, 2.45) is 0 Å². The van der Waals surface area contributed by atoms with E-state index >= 15 is 0 Å². The van der Waals surface area contributed by atoms with Crippen molar-refractivity contribution in [1.29, 1.82) is 0 Å². The lowest BCUT2D eigenvalue weighted by molar-refractivity contribution is -0.115. The number of nitrogens with zero attached hydrogens (tertiary/aromatic N) is 4. The zero-order chi connectivity index (χ0) is 24.8. The average Bonchev–Trinajstić information content (AvgIpc) is 3.36. The van der Waals surface area contributed by atoms with Gasteiger partial charge in [-0.05, 0) is 59.0 Å². The summed E-state index contributed by atoms with van der Waals surface area (Å²) in [6.45, 7) is 0. The minimum atomic E-state index is -1.61. The molecular formula is C24H21N5O5S. The number of hydrogen-bond acceptors (Lipinski definition) is 9. The fourth-order valence-electron chi connectivity index (χ4n) is 3.17. The maximum atomic E-state index is 13.4. The molecule has 35 heavy (non-hydrogen) atoms. The molecule has 4 rings (SSSR count). The van der Waals surface area contributed by atoms with Gasteiger partial charge in [0.05, 0.1) is 12.8 Å². The molecule has 4 aromatic rings. The first-order chi connectivity index (χ1) is 17.0. The Morgan fingerprint density at radius 2 is 1.66 bits per heavy atom. The van der Waals surface area contributed by atoms with Gasteiger partial charge in [-0.3, -0.25) is 9.59 Å². The summed E-state index contributed by atoms with van der Waals surface area (Å²) in [5, 5.41) is 32.1. The van der Waals surface area contributed by atoms with Gasteiger partial charge < -0.3 is 20.3 Å². The summed E-state index contributed by atoms with van der Waals surface area (Å²) in [6, 6.07) is 21.5. The molecule has 0 aliphatic heterocycles. The number of aliphatic hydroxyl groups is 2. The monoisotopic (exact) mass is 491 g/mol. The lowest BCUT2D eigenvalue weighted by Crippen LogP contribution is -2.33. The summed E-state index contributed by atoms with van der Waals surface area (Å²) in [6.07, 6.45) is -1.61. The number of ether oxygens (including phenoxy) is 1. The van der Waals surface area contributed by atoms with Gasteiger partial charge in [-0.25, -0.2) is 0 Å². The van der Waals surface area contributed by atoms with Crippen LogP contribution in [0.25, 0.3) is 5.69 Å². The first-order valence-electron chi connectivity index (χ1n) is 10.4. The van der Waals surface area contributed by atoms with Crippen LogP contribution >= 0.6 is 11.8 Å². The summed E-state index contributed by atoms with van der Waals surface area (Å²) in [7, 11) is 1.52. The molecule has 1 heterocycles. The third-order valence-electron chi connectivity index (χ3n) is 4.99. The van der Waals surface area contributed by atoms with E-state index in [0.29, 0.717) is 28.3 Å². The molecule has 0 saturated carbocycles. The lowest BCUT2D eigenvalue weighted by atomic mass is 10.1. The first kappa shape index (κ1) is 24.1. The Kier molecular flexibility index (Phi) is 7.51. The molecule has 11 heteroatoms. The van der Waals surface area contributed by atoms with Crippen LogP contribution in [0, 0.1) is 0 Å². The summed E-state index contributed by atoms with van der Waals surface area (Å²) in [5.41, 5.74) is 1.68. The fraction of sp³-hybridized carbons (Fsp3) is 0.125. The number of tetrazole rings is 1. The number of nitrogens with one attached hydrogen (secondary N) is 1. The summed E-state index contributed by atoms with van der Waals surface area (Å²) in [4.78, 5) is 26.6. The second kappa shape index (κ2) is 10.9. The number of amides is 1. The van der Waals surface area contributed by atoms with Crippen molar-refractivity contribution in [3.63, 3.8) is 0 Å². The van der Waals surface area contributed by atoms with Crippen LogP contribution in [0.15, 0.2) is 84.0 Å². The summed E-state index contributed by atoms with van der Waals surface area (Å²) >= 11 is 0.903. The number of hydrogen-bond donors (Lipinski definition) is 3. The number of aliphatic hydroxyl groups excluding tert-OH is 1. The van der Waals surface area contributed by atoms with Gasteiger partial charge in [-0.1, -0.05) is 42.1 Å². The summed E-state index contributed by atoms with van der Waals surface area (Å²) < 4.78 is 6.52. The van der Waals surface area contributed by atoms with Gasteiger partial charge in [0.15, 0.2) is 17.3 Å². The van der Waals surface area contributed by atoms with Crippen molar-refractivity contribution in [2.45, 2.75) is 16.7 Å². The minimum absolute atomic E-state index is 0.206. The molecule has 1 atom stereocenters. The molecule has 178 valence electrons. The van der Waals surface area contributed by atoms with Gasteiger partial charge in [0.25, 0.3) is 0 Å². The highest BCUT2D eigenvalue weighted by molar-refractivity contribution is 8.01. The number of benzene rings is 3. The third-order valence-corrected chi connectivity index (χ3v) is 6.12. The van der Waals surface area contributed by atoms with Crippen molar-refractivity contribution >= 4 is 29.1 Å². The van der Waals surface area contributed by atoms with E-state index in [1.807, 2.05) is 6.07 Å². The van der Waals surface area contributed by atoms with Crippen LogP contribution in [-0.2, 0) is 4.79 Å². The Bertz CT molecular complexity index is 1290. The van der Waals surface area contributed by atoms with Crippen molar-refractivity contribution in [3.8, 4) is 11.4 Å². The van der Waals surface area contributed by atoms with Gasteiger partial charge >= 0.3 is 0 Å². The van der Waals surface area contributed by atoms with Crippen molar-refractivity contribution in [2.75, 3.05) is 12.4 Å². The number of methoxy groups -OCH3 is 1. The number of Topliss-reactive ketones (excluding diaryl/α,β-unsaturated/α-hetero) is 1. The Balaban J connectivity index is 1.64. The molecule has 0 spiro atoms. The molecule has 0 aliphatic carbocycles. The summed E-state index contributed by atoms with van der Waals surface area (Å²) in [5.74, 6) is -0.380. The number of anilines is 1. The standard InChI is InChI=1S/C24H21N5O5S/c1-34-19-13-9-15(10-14-19)20(30)21(22(31)25-17-5-3-2-4-6-17)35-24-26-27-28-29(24)18-11-7-16(8-12-18)23(32)33/h2-14,21,23,32-33H,1H3,(H,25,31). The molecule has 0 fully saturated rings.